The van der Waals surface area contributed by atoms with Crippen LogP contribution in [0.1, 0.15) is 30.2 Å². The number of aryl methyl sites for hydroxylation is 1. The first kappa shape index (κ1) is 15.2. The summed E-state index contributed by atoms with van der Waals surface area (Å²) >= 11 is 0. The Morgan fingerprint density at radius 1 is 1.23 bits per heavy atom. The lowest BCUT2D eigenvalue weighted by molar-refractivity contribution is 0.0907. The number of hydrogen-bond acceptors (Lipinski definition) is 4. The Kier molecular flexibility index (Phi) is 4.55. The monoisotopic (exact) mass is 303 g/mol. The first-order valence-corrected chi connectivity index (χ1v) is 7.75. The summed E-state index contributed by atoms with van der Waals surface area (Å²) in [6, 6.07) is 7.15. The van der Waals surface area contributed by atoms with Gasteiger partial charge < -0.3 is 4.42 Å². The van der Waals surface area contributed by atoms with Gasteiger partial charge in [-0.1, -0.05) is 18.2 Å². The molecule has 1 atom stereocenters. The molecule has 3 rings (SSSR count). The molecule has 0 spiro atoms. The quantitative estimate of drug-likeness (QED) is 0.869. The standard InChI is InChI=1S/C17H22FN3O/c1-13-11-19-17(22-13)12-20-7-9-21(10-8-20)14(2)15-5-3-4-6-16(15)18/h3-6,11,14H,7-10,12H2,1-2H3. The first-order valence-electron chi connectivity index (χ1n) is 7.75. The van der Waals surface area contributed by atoms with E-state index < -0.39 is 0 Å². The molecule has 0 radical (unpaired) electrons. The van der Waals surface area contributed by atoms with Crippen LogP contribution in [0.4, 0.5) is 4.39 Å². The number of oxazole rings is 1. The highest BCUT2D eigenvalue weighted by molar-refractivity contribution is 5.20. The number of piperazine rings is 1. The number of nitrogens with zero attached hydrogens (tertiary/aromatic N) is 3. The zero-order valence-electron chi connectivity index (χ0n) is 13.1. The summed E-state index contributed by atoms with van der Waals surface area (Å²) < 4.78 is 19.4. The summed E-state index contributed by atoms with van der Waals surface area (Å²) in [6.45, 7) is 8.47. The third-order valence-corrected chi connectivity index (χ3v) is 4.34. The maximum Gasteiger partial charge on any atom is 0.208 e. The maximum absolute atomic E-state index is 13.9. The van der Waals surface area contributed by atoms with E-state index in [9.17, 15) is 4.39 Å². The highest BCUT2D eigenvalue weighted by atomic mass is 19.1. The van der Waals surface area contributed by atoms with Crippen LogP contribution in [0.3, 0.4) is 0 Å². The Balaban J connectivity index is 1.56. The van der Waals surface area contributed by atoms with Crippen LogP contribution in [0.2, 0.25) is 0 Å². The summed E-state index contributed by atoms with van der Waals surface area (Å²) in [5, 5.41) is 0. The van der Waals surface area contributed by atoms with Gasteiger partial charge in [-0.25, -0.2) is 9.37 Å². The first-order chi connectivity index (χ1) is 10.6. The van der Waals surface area contributed by atoms with Crippen LogP contribution >= 0.6 is 0 Å². The minimum Gasteiger partial charge on any atom is -0.445 e. The molecule has 1 aliphatic rings. The van der Waals surface area contributed by atoms with E-state index in [4.69, 9.17) is 4.42 Å². The van der Waals surface area contributed by atoms with Crippen molar-refractivity contribution in [3.63, 3.8) is 0 Å². The Labute approximate surface area is 130 Å². The van der Waals surface area contributed by atoms with Crippen LogP contribution in [0.15, 0.2) is 34.9 Å². The SMILES string of the molecule is Cc1cnc(CN2CCN(C(C)c3ccccc3F)CC2)o1. The summed E-state index contributed by atoms with van der Waals surface area (Å²) in [5.74, 6) is 1.50. The van der Waals surface area contributed by atoms with Gasteiger partial charge in [0, 0.05) is 37.8 Å². The van der Waals surface area contributed by atoms with E-state index in [-0.39, 0.29) is 11.9 Å². The van der Waals surface area contributed by atoms with Gasteiger partial charge in [0.25, 0.3) is 0 Å². The van der Waals surface area contributed by atoms with Gasteiger partial charge in [-0.3, -0.25) is 9.80 Å². The molecule has 1 aromatic carbocycles. The predicted octanol–water partition coefficient (Wildman–Crippen LogP) is 3.00. The fourth-order valence-corrected chi connectivity index (χ4v) is 2.99. The van der Waals surface area contributed by atoms with Crippen molar-refractivity contribution >= 4 is 0 Å². The van der Waals surface area contributed by atoms with Gasteiger partial charge in [-0.15, -0.1) is 0 Å². The molecule has 0 amide bonds. The van der Waals surface area contributed by atoms with Crippen molar-refractivity contribution < 1.29 is 8.81 Å². The van der Waals surface area contributed by atoms with Gasteiger partial charge >= 0.3 is 0 Å². The molecular formula is C17H22FN3O. The average molecular weight is 303 g/mol. The van der Waals surface area contributed by atoms with Gasteiger partial charge in [0.2, 0.25) is 5.89 Å². The molecule has 118 valence electrons. The molecule has 0 bridgehead atoms. The van der Waals surface area contributed by atoms with Crippen LogP contribution in [0.5, 0.6) is 0 Å². The Morgan fingerprint density at radius 3 is 2.59 bits per heavy atom. The Morgan fingerprint density at radius 2 is 1.95 bits per heavy atom. The minimum atomic E-state index is -0.118. The summed E-state index contributed by atoms with van der Waals surface area (Å²) in [5.41, 5.74) is 0.777. The van der Waals surface area contributed by atoms with E-state index in [0.29, 0.717) is 0 Å². The van der Waals surface area contributed by atoms with E-state index in [2.05, 4.69) is 21.7 Å². The zero-order valence-corrected chi connectivity index (χ0v) is 13.1. The summed E-state index contributed by atoms with van der Waals surface area (Å²) in [4.78, 5) is 8.91. The smallest absolute Gasteiger partial charge is 0.208 e. The lowest BCUT2D eigenvalue weighted by Gasteiger charge is -2.37. The largest absolute Gasteiger partial charge is 0.445 e. The highest BCUT2D eigenvalue weighted by Crippen LogP contribution is 2.24. The van der Waals surface area contributed by atoms with Crippen LogP contribution in [0, 0.1) is 12.7 Å². The van der Waals surface area contributed by atoms with Crippen molar-refractivity contribution in [1.29, 1.82) is 0 Å². The van der Waals surface area contributed by atoms with Crippen molar-refractivity contribution in [3.8, 4) is 0 Å². The van der Waals surface area contributed by atoms with Crippen LogP contribution in [-0.2, 0) is 6.54 Å². The van der Waals surface area contributed by atoms with E-state index in [1.807, 2.05) is 19.1 Å². The molecule has 1 unspecified atom stereocenters. The molecule has 0 saturated carbocycles. The summed E-state index contributed by atoms with van der Waals surface area (Å²) in [7, 11) is 0. The van der Waals surface area contributed by atoms with Gasteiger partial charge in [0.1, 0.15) is 11.6 Å². The van der Waals surface area contributed by atoms with E-state index in [1.165, 1.54) is 6.07 Å². The molecule has 2 heterocycles. The zero-order chi connectivity index (χ0) is 15.5. The van der Waals surface area contributed by atoms with E-state index in [0.717, 1.165) is 49.9 Å². The number of benzene rings is 1. The van der Waals surface area contributed by atoms with Gasteiger partial charge in [0.15, 0.2) is 0 Å². The molecule has 1 aromatic heterocycles. The van der Waals surface area contributed by atoms with Crippen molar-refractivity contribution in [3.05, 3.63) is 53.5 Å². The number of aromatic nitrogens is 1. The van der Waals surface area contributed by atoms with Crippen molar-refractivity contribution in [2.45, 2.75) is 26.4 Å². The second-order valence-electron chi connectivity index (χ2n) is 5.87. The van der Waals surface area contributed by atoms with Gasteiger partial charge in [0.05, 0.1) is 12.7 Å². The third-order valence-electron chi connectivity index (χ3n) is 4.34. The highest BCUT2D eigenvalue weighted by Gasteiger charge is 2.24. The van der Waals surface area contributed by atoms with Crippen LogP contribution in [-0.4, -0.2) is 41.0 Å². The molecule has 0 aliphatic carbocycles. The van der Waals surface area contributed by atoms with Crippen LogP contribution < -0.4 is 0 Å². The molecule has 1 saturated heterocycles. The predicted molar refractivity (Wildman–Crippen MR) is 82.9 cm³/mol. The van der Waals surface area contributed by atoms with Crippen molar-refractivity contribution in [2.24, 2.45) is 0 Å². The molecular weight excluding hydrogens is 281 g/mol. The second-order valence-corrected chi connectivity index (χ2v) is 5.87. The number of rotatable bonds is 4. The van der Waals surface area contributed by atoms with Gasteiger partial charge in [-0.05, 0) is 19.9 Å². The Bertz CT molecular complexity index is 620. The van der Waals surface area contributed by atoms with Crippen molar-refractivity contribution in [2.75, 3.05) is 26.2 Å². The maximum atomic E-state index is 13.9. The molecule has 0 N–H and O–H groups in total. The second kappa shape index (κ2) is 6.58. The minimum absolute atomic E-state index is 0.104. The topological polar surface area (TPSA) is 32.5 Å². The normalized spacial score (nSPS) is 18.5. The lowest BCUT2D eigenvalue weighted by Crippen LogP contribution is -2.46. The van der Waals surface area contributed by atoms with E-state index >= 15 is 0 Å². The third kappa shape index (κ3) is 3.36. The fourth-order valence-electron chi connectivity index (χ4n) is 2.99. The Hall–Kier alpha value is -1.72. The fraction of sp³-hybridized carbons (Fsp3) is 0.471. The lowest BCUT2D eigenvalue weighted by atomic mass is 10.1. The molecule has 4 nitrogen and oxygen atoms in total. The molecule has 22 heavy (non-hydrogen) atoms. The molecule has 5 heteroatoms. The molecule has 2 aromatic rings. The van der Waals surface area contributed by atoms with Gasteiger partial charge in [-0.2, -0.15) is 0 Å². The molecule has 1 fully saturated rings. The average Bonchev–Trinajstić information content (AvgIpc) is 2.93. The molecule has 1 aliphatic heterocycles. The van der Waals surface area contributed by atoms with E-state index in [1.54, 1.807) is 12.3 Å². The van der Waals surface area contributed by atoms with Crippen LogP contribution in [0.25, 0.3) is 0 Å². The van der Waals surface area contributed by atoms with Crippen molar-refractivity contribution in [1.82, 2.24) is 14.8 Å². The summed E-state index contributed by atoms with van der Waals surface area (Å²) in [6.07, 6.45) is 1.76. The number of hydrogen-bond donors (Lipinski definition) is 0. The number of halogens is 1.